The molecule has 0 N–H and O–H groups in total. The second-order valence-corrected chi connectivity index (χ2v) is 7.95. The fourth-order valence-electron chi connectivity index (χ4n) is 3.10. The number of benzene rings is 2. The number of para-hydroxylation sites is 1. The van der Waals surface area contributed by atoms with Gasteiger partial charge in [-0.05, 0) is 38.5 Å². The van der Waals surface area contributed by atoms with E-state index in [0.717, 1.165) is 16.2 Å². The molecule has 0 aliphatic carbocycles. The molecule has 158 valence electrons. The molecule has 0 radical (unpaired) electrons. The summed E-state index contributed by atoms with van der Waals surface area (Å²) in [6.45, 7) is 5.87. The van der Waals surface area contributed by atoms with Crippen molar-refractivity contribution in [1.29, 1.82) is 0 Å². The quantitative estimate of drug-likeness (QED) is 0.636. The molecule has 2 amide bonds. The average Bonchev–Trinajstić information content (AvgIpc) is 3.00. The molecule has 1 heterocycles. The van der Waals surface area contributed by atoms with E-state index in [1.54, 1.807) is 20.8 Å². The van der Waals surface area contributed by atoms with E-state index in [-0.39, 0.29) is 6.61 Å². The zero-order chi connectivity index (χ0) is 21.6. The highest BCUT2D eigenvalue weighted by Gasteiger charge is 2.41. The van der Waals surface area contributed by atoms with Gasteiger partial charge in [-0.25, -0.2) is 9.69 Å². The zero-order valence-electron chi connectivity index (χ0n) is 17.5. The van der Waals surface area contributed by atoms with Crippen molar-refractivity contribution in [1.82, 2.24) is 4.90 Å². The SMILES string of the molecule is CC(C)(C)OC(=O)N1C(=O)C=C(OCCOc2ccccc2)[C@@H]1Cc1ccccc1. The Bertz CT molecular complexity index is 887. The molecule has 2 aromatic carbocycles. The molecule has 0 fully saturated rings. The standard InChI is InChI=1S/C24H27NO5/c1-24(2,3)30-23(27)25-20(16-18-10-6-4-7-11-18)21(17-22(25)26)29-15-14-28-19-12-8-5-9-13-19/h4-13,17,20H,14-16H2,1-3H3/t20-/m0/s1. The fourth-order valence-corrected chi connectivity index (χ4v) is 3.10. The van der Waals surface area contributed by atoms with Crippen LogP contribution >= 0.6 is 0 Å². The molecule has 1 aliphatic rings. The minimum atomic E-state index is -0.707. The number of amides is 2. The Morgan fingerprint density at radius 3 is 2.17 bits per heavy atom. The lowest BCUT2D eigenvalue weighted by molar-refractivity contribution is -0.125. The molecule has 1 aliphatic heterocycles. The lowest BCUT2D eigenvalue weighted by Gasteiger charge is -2.28. The normalized spacial score (nSPS) is 16.2. The van der Waals surface area contributed by atoms with E-state index in [2.05, 4.69) is 0 Å². The highest BCUT2D eigenvalue weighted by Crippen LogP contribution is 2.26. The average molecular weight is 409 g/mol. The molecule has 3 rings (SSSR count). The summed E-state index contributed by atoms with van der Waals surface area (Å²) in [5.41, 5.74) is 0.280. The van der Waals surface area contributed by atoms with Crippen molar-refractivity contribution in [2.75, 3.05) is 13.2 Å². The number of hydrogen-bond donors (Lipinski definition) is 0. The van der Waals surface area contributed by atoms with Gasteiger partial charge < -0.3 is 14.2 Å². The maximum Gasteiger partial charge on any atom is 0.418 e. The summed E-state index contributed by atoms with van der Waals surface area (Å²) in [4.78, 5) is 26.4. The number of nitrogens with zero attached hydrogens (tertiary/aromatic N) is 1. The van der Waals surface area contributed by atoms with Crippen molar-refractivity contribution in [3.05, 3.63) is 78.1 Å². The maximum absolute atomic E-state index is 12.7. The largest absolute Gasteiger partial charge is 0.492 e. The van der Waals surface area contributed by atoms with Gasteiger partial charge in [-0.2, -0.15) is 0 Å². The highest BCUT2D eigenvalue weighted by atomic mass is 16.6. The first-order valence-corrected chi connectivity index (χ1v) is 9.96. The van der Waals surface area contributed by atoms with Crippen molar-refractivity contribution in [2.45, 2.75) is 38.8 Å². The molecule has 6 nitrogen and oxygen atoms in total. The molecule has 0 saturated carbocycles. The predicted octanol–water partition coefficient (Wildman–Crippen LogP) is 4.35. The molecule has 0 unspecified atom stereocenters. The predicted molar refractivity (Wildman–Crippen MR) is 113 cm³/mol. The number of hydrogen-bond acceptors (Lipinski definition) is 5. The van der Waals surface area contributed by atoms with Crippen molar-refractivity contribution in [3.63, 3.8) is 0 Å². The van der Waals surface area contributed by atoms with Gasteiger partial charge in [0.15, 0.2) is 0 Å². The van der Waals surface area contributed by atoms with Crippen LogP contribution in [0, 0.1) is 0 Å². The lowest BCUT2D eigenvalue weighted by atomic mass is 10.0. The van der Waals surface area contributed by atoms with Crippen LogP contribution in [-0.4, -0.2) is 41.8 Å². The Morgan fingerprint density at radius 2 is 1.53 bits per heavy atom. The van der Waals surface area contributed by atoms with Crippen molar-refractivity contribution < 1.29 is 23.8 Å². The number of carbonyl (C=O) groups is 2. The minimum absolute atomic E-state index is 0.251. The summed E-state index contributed by atoms with van der Waals surface area (Å²) >= 11 is 0. The first kappa shape index (κ1) is 21.4. The molecule has 6 heteroatoms. The van der Waals surface area contributed by atoms with Crippen LogP contribution in [0.25, 0.3) is 0 Å². The third-order valence-corrected chi connectivity index (χ3v) is 4.37. The van der Waals surface area contributed by atoms with Crippen LogP contribution in [0.3, 0.4) is 0 Å². The molecule has 0 aromatic heterocycles. The van der Waals surface area contributed by atoms with Gasteiger partial charge in [0.1, 0.15) is 36.4 Å². The van der Waals surface area contributed by atoms with Crippen LogP contribution in [0.2, 0.25) is 0 Å². The molecule has 0 spiro atoms. The van der Waals surface area contributed by atoms with E-state index in [0.29, 0.717) is 18.8 Å². The first-order valence-electron chi connectivity index (χ1n) is 9.96. The number of imide groups is 1. The highest BCUT2D eigenvalue weighted by molar-refractivity contribution is 6.02. The van der Waals surface area contributed by atoms with Crippen LogP contribution in [-0.2, 0) is 20.7 Å². The van der Waals surface area contributed by atoms with Crippen LogP contribution < -0.4 is 4.74 Å². The molecule has 2 aromatic rings. The lowest BCUT2D eigenvalue weighted by Crippen LogP contribution is -2.44. The first-order chi connectivity index (χ1) is 14.3. The smallest absolute Gasteiger partial charge is 0.418 e. The van der Waals surface area contributed by atoms with E-state index in [9.17, 15) is 9.59 Å². The van der Waals surface area contributed by atoms with Crippen LogP contribution in [0.15, 0.2) is 72.5 Å². The van der Waals surface area contributed by atoms with Crippen LogP contribution in [0.5, 0.6) is 5.75 Å². The van der Waals surface area contributed by atoms with Gasteiger partial charge in [0.05, 0.1) is 0 Å². The van der Waals surface area contributed by atoms with E-state index < -0.39 is 23.6 Å². The maximum atomic E-state index is 12.7. The van der Waals surface area contributed by atoms with Gasteiger partial charge in [0, 0.05) is 12.5 Å². The van der Waals surface area contributed by atoms with Crippen LogP contribution in [0.1, 0.15) is 26.3 Å². The molecular formula is C24H27NO5. The zero-order valence-corrected chi connectivity index (χ0v) is 17.5. The monoisotopic (exact) mass is 409 g/mol. The Balaban J connectivity index is 1.68. The Morgan fingerprint density at radius 1 is 0.933 bits per heavy atom. The van der Waals surface area contributed by atoms with Gasteiger partial charge in [0.25, 0.3) is 5.91 Å². The topological polar surface area (TPSA) is 65.1 Å². The summed E-state index contributed by atoms with van der Waals surface area (Å²) < 4.78 is 16.9. The molecular weight excluding hydrogens is 382 g/mol. The molecule has 1 atom stereocenters. The van der Waals surface area contributed by atoms with E-state index in [1.165, 1.54) is 6.08 Å². The molecule has 0 bridgehead atoms. The summed E-state index contributed by atoms with van der Waals surface area (Å²) in [6, 6.07) is 18.5. The Kier molecular flexibility index (Phi) is 6.77. The summed E-state index contributed by atoms with van der Waals surface area (Å²) in [7, 11) is 0. The van der Waals surface area contributed by atoms with E-state index in [4.69, 9.17) is 14.2 Å². The third-order valence-electron chi connectivity index (χ3n) is 4.37. The van der Waals surface area contributed by atoms with Gasteiger partial charge >= 0.3 is 6.09 Å². The summed E-state index contributed by atoms with van der Waals surface area (Å²) in [5, 5.41) is 0. The number of ether oxygens (including phenoxy) is 3. The van der Waals surface area contributed by atoms with E-state index in [1.807, 2.05) is 60.7 Å². The van der Waals surface area contributed by atoms with Crippen LogP contribution in [0.4, 0.5) is 4.79 Å². The van der Waals surface area contributed by atoms with Crippen molar-refractivity contribution >= 4 is 12.0 Å². The summed E-state index contributed by atoms with van der Waals surface area (Å²) in [5.74, 6) is 0.740. The second-order valence-electron chi connectivity index (χ2n) is 7.95. The fraction of sp³-hybridized carbons (Fsp3) is 0.333. The van der Waals surface area contributed by atoms with E-state index >= 15 is 0 Å². The van der Waals surface area contributed by atoms with Gasteiger partial charge in [-0.15, -0.1) is 0 Å². The third kappa shape index (κ3) is 5.86. The van der Waals surface area contributed by atoms with Gasteiger partial charge in [-0.1, -0.05) is 48.5 Å². The minimum Gasteiger partial charge on any atom is -0.492 e. The number of carbonyl (C=O) groups excluding carboxylic acids is 2. The molecule has 30 heavy (non-hydrogen) atoms. The van der Waals surface area contributed by atoms with Crippen molar-refractivity contribution in [3.8, 4) is 5.75 Å². The van der Waals surface area contributed by atoms with Crippen molar-refractivity contribution in [2.24, 2.45) is 0 Å². The summed E-state index contributed by atoms with van der Waals surface area (Å²) in [6.07, 6.45) is 1.13. The Labute approximate surface area is 177 Å². The number of rotatable bonds is 7. The van der Waals surface area contributed by atoms with Gasteiger partial charge in [0.2, 0.25) is 0 Å². The Hall–Kier alpha value is -3.28. The molecule has 0 saturated heterocycles. The van der Waals surface area contributed by atoms with Gasteiger partial charge in [-0.3, -0.25) is 4.79 Å². The second kappa shape index (κ2) is 9.48.